The van der Waals surface area contributed by atoms with E-state index in [4.69, 9.17) is 0 Å². The van der Waals surface area contributed by atoms with E-state index < -0.39 is 16.1 Å². The highest BCUT2D eigenvalue weighted by Gasteiger charge is 2.02. The molecule has 0 aliphatic rings. The Morgan fingerprint density at radius 3 is 2.14 bits per heavy atom. The van der Waals surface area contributed by atoms with Gasteiger partial charge in [-0.05, 0) is 24.3 Å². The SMILES string of the molecule is CC(=O)Oc1ccc(S(=O)(=O)[O-])cc1. The van der Waals surface area contributed by atoms with E-state index in [2.05, 4.69) is 4.74 Å². The fourth-order valence-electron chi connectivity index (χ4n) is 0.840. The van der Waals surface area contributed by atoms with Crippen LogP contribution in [0.5, 0.6) is 5.75 Å². The van der Waals surface area contributed by atoms with Gasteiger partial charge in [0.15, 0.2) is 0 Å². The molecule has 0 aliphatic heterocycles. The standard InChI is InChI=1S/C8H8O5S/c1-6(9)13-7-2-4-8(5-3-7)14(10,11)12/h2-5H,1H3,(H,10,11,12)/p-1. The van der Waals surface area contributed by atoms with Gasteiger partial charge in [0.05, 0.1) is 4.90 Å². The second kappa shape index (κ2) is 3.77. The van der Waals surface area contributed by atoms with Crippen molar-refractivity contribution in [2.24, 2.45) is 0 Å². The molecule has 1 aromatic carbocycles. The summed E-state index contributed by atoms with van der Waals surface area (Å²) in [6.07, 6.45) is 0. The average molecular weight is 215 g/mol. The van der Waals surface area contributed by atoms with Crippen LogP contribution < -0.4 is 4.74 Å². The van der Waals surface area contributed by atoms with E-state index in [1.807, 2.05) is 0 Å². The summed E-state index contributed by atoms with van der Waals surface area (Å²) in [5.74, 6) is -0.312. The molecule has 0 atom stereocenters. The lowest BCUT2D eigenvalue weighted by Crippen LogP contribution is -2.02. The van der Waals surface area contributed by atoms with Crippen LogP contribution in [0.1, 0.15) is 6.92 Å². The predicted octanol–water partition coefficient (Wildman–Crippen LogP) is 0.516. The van der Waals surface area contributed by atoms with E-state index >= 15 is 0 Å². The minimum atomic E-state index is -4.44. The molecule has 0 aromatic heterocycles. The van der Waals surface area contributed by atoms with Gasteiger partial charge in [-0.3, -0.25) is 4.79 Å². The molecule has 0 amide bonds. The monoisotopic (exact) mass is 215 g/mol. The predicted molar refractivity (Wildman–Crippen MR) is 45.7 cm³/mol. The van der Waals surface area contributed by atoms with Crippen LogP contribution in [0.4, 0.5) is 0 Å². The third-order valence-electron chi connectivity index (χ3n) is 1.37. The van der Waals surface area contributed by atoms with Crippen molar-refractivity contribution in [3.8, 4) is 5.75 Å². The number of hydrogen-bond donors (Lipinski definition) is 0. The maximum Gasteiger partial charge on any atom is 0.308 e. The molecule has 0 N–H and O–H groups in total. The molecule has 0 unspecified atom stereocenters. The molecule has 0 radical (unpaired) electrons. The minimum Gasteiger partial charge on any atom is -0.744 e. The van der Waals surface area contributed by atoms with Gasteiger partial charge >= 0.3 is 5.97 Å². The van der Waals surface area contributed by atoms with Crippen molar-refractivity contribution in [2.75, 3.05) is 0 Å². The zero-order valence-corrected chi connectivity index (χ0v) is 8.08. The van der Waals surface area contributed by atoms with E-state index in [1.54, 1.807) is 0 Å². The Balaban J connectivity index is 2.95. The van der Waals surface area contributed by atoms with Crippen molar-refractivity contribution >= 4 is 16.1 Å². The van der Waals surface area contributed by atoms with Crippen molar-refractivity contribution in [1.82, 2.24) is 0 Å². The maximum atomic E-state index is 10.5. The first-order chi connectivity index (χ1) is 6.39. The van der Waals surface area contributed by atoms with Gasteiger partial charge in [-0.25, -0.2) is 8.42 Å². The number of hydrogen-bond acceptors (Lipinski definition) is 5. The molecular weight excluding hydrogens is 208 g/mol. The molecular formula is C8H7O5S-. The molecule has 0 spiro atoms. The molecule has 76 valence electrons. The summed E-state index contributed by atoms with van der Waals surface area (Å²) in [7, 11) is -4.44. The van der Waals surface area contributed by atoms with Gasteiger partial charge in [-0.15, -0.1) is 0 Å². The lowest BCUT2D eigenvalue weighted by Gasteiger charge is -2.07. The van der Waals surface area contributed by atoms with Crippen LogP contribution in [0.3, 0.4) is 0 Å². The molecule has 0 saturated carbocycles. The van der Waals surface area contributed by atoms with Gasteiger partial charge in [0.1, 0.15) is 15.9 Å². The Morgan fingerprint density at radius 1 is 1.29 bits per heavy atom. The van der Waals surface area contributed by atoms with Gasteiger partial charge in [0, 0.05) is 6.92 Å². The number of carbonyl (C=O) groups is 1. The van der Waals surface area contributed by atoms with Crippen molar-refractivity contribution in [1.29, 1.82) is 0 Å². The lowest BCUT2D eigenvalue weighted by molar-refractivity contribution is -0.131. The lowest BCUT2D eigenvalue weighted by atomic mass is 10.3. The first-order valence-corrected chi connectivity index (χ1v) is 5.05. The van der Waals surface area contributed by atoms with E-state index in [9.17, 15) is 17.8 Å². The van der Waals surface area contributed by atoms with Crippen molar-refractivity contribution in [3.63, 3.8) is 0 Å². The Bertz CT molecular complexity index is 431. The van der Waals surface area contributed by atoms with Crippen molar-refractivity contribution in [2.45, 2.75) is 11.8 Å². The summed E-state index contributed by atoms with van der Waals surface area (Å²) in [4.78, 5) is 10.1. The van der Waals surface area contributed by atoms with E-state index in [1.165, 1.54) is 19.1 Å². The number of benzene rings is 1. The Hall–Kier alpha value is -1.40. The molecule has 0 heterocycles. The highest BCUT2D eigenvalue weighted by atomic mass is 32.2. The minimum absolute atomic E-state index is 0.199. The first kappa shape index (κ1) is 10.7. The molecule has 14 heavy (non-hydrogen) atoms. The van der Waals surface area contributed by atoms with Crippen LogP contribution in [0.2, 0.25) is 0 Å². The summed E-state index contributed by atoms with van der Waals surface area (Å²) in [6, 6.07) is 4.65. The van der Waals surface area contributed by atoms with Crippen molar-refractivity contribution < 1.29 is 22.5 Å². The van der Waals surface area contributed by atoms with Crippen LogP contribution in [-0.4, -0.2) is 18.9 Å². The fourth-order valence-corrected chi connectivity index (χ4v) is 1.31. The molecule has 1 aromatic rings. The quantitative estimate of drug-likeness (QED) is 0.408. The van der Waals surface area contributed by atoms with Crippen LogP contribution in [0.15, 0.2) is 29.2 Å². The van der Waals surface area contributed by atoms with Crippen LogP contribution >= 0.6 is 0 Å². The van der Waals surface area contributed by atoms with Crippen LogP contribution in [-0.2, 0) is 14.9 Å². The second-order valence-electron chi connectivity index (χ2n) is 2.52. The van der Waals surface area contributed by atoms with E-state index in [-0.39, 0.29) is 10.6 Å². The van der Waals surface area contributed by atoms with Crippen LogP contribution in [0.25, 0.3) is 0 Å². The summed E-state index contributed by atoms with van der Waals surface area (Å²) in [6.45, 7) is 1.22. The summed E-state index contributed by atoms with van der Waals surface area (Å²) < 4.78 is 36.2. The fraction of sp³-hybridized carbons (Fsp3) is 0.125. The van der Waals surface area contributed by atoms with Gasteiger partial charge < -0.3 is 9.29 Å². The number of ether oxygens (including phenoxy) is 1. The largest absolute Gasteiger partial charge is 0.744 e. The number of esters is 1. The topological polar surface area (TPSA) is 83.5 Å². The highest BCUT2D eigenvalue weighted by Crippen LogP contribution is 2.15. The Labute approximate surface area is 81.1 Å². The summed E-state index contributed by atoms with van der Waals surface area (Å²) in [5.41, 5.74) is 0. The van der Waals surface area contributed by atoms with E-state index in [0.717, 1.165) is 12.1 Å². The molecule has 5 nitrogen and oxygen atoms in total. The average Bonchev–Trinajstić information content (AvgIpc) is 2.02. The Morgan fingerprint density at radius 2 is 1.79 bits per heavy atom. The highest BCUT2D eigenvalue weighted by molar-refractivity contribution is 7.85. The zero-order valence-electron chi connectivity index (χ0n) is 7.26. The normalized spacial score (nSPS) is 11.0. The first-order valence-electron chi connectivity index (χ1n) is 3.64. The smallest absolute Gasteiger partial charge is 0.308 e. The Kier molecular flexibility index (Phi) is 2.87. The molecule has 0 fully saturated rings. The zero-order chi connectivity index (χ0) is 10.8. The van der Waals surface area contributed by atoms with Crippen molar-refractivity contribution in [3.05, 3.63) is 24.3 Å². The summed E-state index contributed by atoms with van der Waals surface area (Å²) >= 11 is 0. The molecule has 0 saturated heterocycles. The second-order valence-corrected chi connectivity index (χ2v) is 3.90. The molecule has 6 heteroatoms. The number of rotatable bonds is 2. The van der Waals surface area contributed by atoms with E-state index in [0.29, 0.717) is 0 Å². The van der Waals surface area contributed by atoms with Gasteiger partial charge in [0.2, 0.25) is 0 Å². The third kappa shape index (κ3) is 2.82. The maximum absolute atomic E-state index is 10.5. The van der Waals surface area contributed by atoms with Gasteiger partial charge in [-0.1, -0.05) is 0 Å². The van der Waals surface area contributed by atoms with Gasteiger partial charge in [-0.2, -0.15) is 0 Å². The number of carbonyl (C=O) groups excluding carboxylic acids is 1. The third-order valence-corrected chi connectivity index (χ3v) is 2.22. The molecule has 1 rings (SSSR count). The van der Waals surface area contributed by atoms with Crippen LogP contribution in [0, 0.1) is 0 Å². The summed E-state index contributed by atoms with van der Waals surface area (Å²) in [5, 5.41) is 0. The molecule has 0 bridgehead atoms. The molecule has 0 aliphatic carbocycles. The van der Waals surface area contributed by atoms with Gasteiger partial charge in [0.25, 0.3) is 0 Å².